The zero-order valence-electron chi connectivity index (χ0n) is 13.7. The van der Waals surface area contributed by atoms with Crippen LogP contribution in [0.2, 0.25) is 0 Å². The number of nitrogens with zero attached hydrogens (tertiary/aromatic N) is 3. The Morgan fingerprint density at radius 1 is 1.14 bits per heavy atom. The standard InChI is InChI=1S/C18H23N3O/c1-12-5-6-18-17(9-12)13(2)14(3)21(18)11-16(22)10-20-8-7-19-15(20)4/h5-9,16,22H,10-11H2,1-4H3. The summed E-state index contributed by atoms with van der Waals surface area (Å²) in [5.74, 6) is 0.931. The van der Waals surface area contributed by atoms with Crippen LogP contribution in [0, 0.1) is 27.7 Å². The number of fused-ring (bicyclic) bond motifs is 1. The van der Waals surface area contributed by atoms with Gasteiger partial charge in [0.05, 0.1) is 19.2 Å². The van der Waals surface area contributed by atoms with Crippen molar-refractivity contribution in [2.45, 2.75) is 46.9 Å². The SMILES string of the molecule is Cc1ccc2c(c1)c(C)c(C)n2CC(O)Cn1ccnc1C. The van der Waals surface area contributed by atoms with Crippen molar-refractivity contribution in [3.8, 4) is 0 Å². The van der Waals surface area contributed by atoms with Gasteiger partial charge in [-0.15, -0.1) is 0 Å². The first-order valence-corrected chi connectivity index (χ1v) is 7.69. The van der Waals surface area contributed by atoms with Crippen LogP contribution in [0.25, 0.3) is 10.9 Å². The second kappa shape index (κ2) is 5.61. The van der Waals surface area contributed by atoms with E-state index in [-0.39, 0.29) is 0 Å². The molecule has 0 amide bonds. The molecule has 0 spiro atoms. The average molecular weight is 297 g/mol. The minimum absolute atomic E-state index is 0.442. The third-order valence-corrected chi connectivity index (χ3v) is 4.52. The molecular weight excluding hydrogens is 274 g/mol. The molecule has 0 aliphatic heterocycles. The van der Waals surface area contributed by atoms with Gasteiger partial charge in [-0.3, -0.25) is 0 Å². The number of imidazole rings is 1. The van der Waals surface area contributed by atoms with Gasteiger partial charge < -0.3 is 14.2 Å². The highest BCUT2D eigenvalue weighted by Crippen LogP contribution is 2.26. The average Bonchev–Trinajstić information content (AvgIpc) is 2.97. The Hall–Kier alpha value is -2.07. The van der Waals surface area contributed by atoms with Crippen LogP contribution in [0.15, 0.2) is 30.6 Å². The quantitative estimate of drug-likeness (QED) is 0.804. The van der Waals surface area contributed by atoms with Crippen molar-refractivity contribution in [1.82, 2.24) is 14.1 Å². The van der Waals surface area contributed by atoms with Gasteiger partial charge in [-0.05, 0) is 45.4 Å². The van der Waals surface area contributed by atoms with Crippen molar-refractivity contribution >= 4 is 10.9 Å². The number of benzene rings is 1. The normalized spacial score (nSPS) is 13.0. The van der Waals surface area contributed by atoms with E-state index in [4.69, 9.17) is 0 Å². The van der Waals surface area contributed by atoms with Crippen LogP contribution >= 0.6 is 0 Å². The van der Waals surface area contributed by atoms with Crippen LogP contribution in [0.3, 0.4) is 0 Å². The van der Waals surface area contributed by atoms with Gasteiger partial charge in [-0.1, -0.05) is 11.6 Å². The van der Waals surface area contributed by atoms with Gasteiger partial charge >= 0.3 is 0 Å². The fourth-order valence-electron chi connectivity index (χ4n) is 3.09. The van der Waals surface area contributed by atoms with E-state index in [0.717, 1.165) is 5.82 Å². The van der Waals surface area contributed by atoms with Crippen LogP contribution in [-0.4, -0.2) is 25.3 Å². The van der Waals surface area contributed by atoms with Crippen molar-refractivity contribution in [3.63, 3.8) is 0 Å². The third kappa shape index (κ3) is 2.55. The minimum atomic E-state index is -0.442. The second-order valence-electron chi connectivity index (χ2n) is 6.12. The molecule has 116 valence electrons. The lowest BCUT2D eigenvalue weighted by Crippen LogP contribution is -2.23. The topological polar surface area (TPSA) is 43.0 Å². The zero-order valence-corrected chi connectivity index (χ0v) is 13.7. The van der Waals surface area contributed by atoms with Gasteiger partial charge in [-0.2, -0.15) is 0 Å². The maximum Gasteiger partial charge on any atom is 0.105 e. The number of hydrogen-bond acceptors (Lipinski definition) is 2. The summed E-state index contributed by atoms with van der Waals surface area (Å²) in [6.07, 6.45) is 3.24. The predicted octanol–water partition coefficient (Wildman–Crippen LogP) is 3.13. The van der Waals surface area contributed by atoms with E-state index >= 15 is 0 Å². The molecule has 3 aromatic rings. The van der Waals surface area contributed by atoms with E-state index in [1.54, 1.807) is 6.20 Å². The third-order valence-electron chi connectivity index (χ3n) is 4.52. The fraction of sp³-hybridized carbons (Fsp3) is 0.389. The lowest BCUT2D eigenvalue weighted by molar-refractivity contribution is 0.134. The van der Waals surface area contributed by atoms with E-state index in [2.05, 4.69) is 48.5 Å². The largest absolute Gasteiger partial charge is 0.389 e. The van der Waals surface area contributed by atoms with Gasteiger partial charge in [0.25, 0.3) is 0 Å². The molecule has 0 saturated carbocycles. The molecule has 22 heavy (non-hydrogen) atoms. The molecule has 0 bridgehead atoms. The molecule has 4 nitrogen and oxygen atoms in total. The molecule has 1 aromatic carbocycles. The Morgan fingerprint density at radius 2 is 1.91 bits per heavy atom. The molecule has 0 aliphatic carbocycles. The number of hydrogen-bond donors (Lipinski definition) is 1. The molecule has 0 aliphatic rings. The number of aryl methyl sites for hydroxylation is 3. The zero-order chi connectivity index (χ0) is 15.9. The molecular formula is C18H23N3O. The highest BCUT2D eigenvalue weighted by molar-refractivity contribution is 5.85. The van der Waals surface area contributed by atoms with E-state index < -0.39 is 6.10 Å². The molecule has 1 unspecified atom stereocenters. The maximum atomic E-state index is 10.5. The number of aliphatic hydroxyl groups excluding tert-OH is 1. The van der Waals surface area contributed by atoms with Crippen LogP contribution in [0.4, 0.5) is 0 Å². The maximum absolute atomic E-state index is 10.5. The first kappa shape index (κ1) is 14.9. The summed E-state index contributed by atoms with van der Waals surface area (Å²) >= 11 is 0. The second-order valence-corrected chi connectivity index (χ2v) is 6.12. The molecule has 0 radical (unpaired) electrons. The summed E-state index contributed by atoms with van der Waals surface area (Å²) < 4.78 is 4.21. The van der Waals surface area contributed by atoms with Crippen molar-refractivity contribution in [2.75, 3.05) is 0 Å². The fourth-order valence-corrected chi connectivity index (χ4v) is 3.09. The van der Waals surface area contributed by atoms with Crippen LogP contribution in [0.1, 0.15) is 22.6 Å². The summed E-state index contributed by atoms with van der Waals surface area (Å²) in [5, 5.41) is 11.8. The van der Waals surface area contributed by atoms with Crippen LogP contribution < -0.4 is 0 Å². The molecule has 1 N–H and O–H groups in total. The Bertz CT molecular complexity index is 813. The first-order valence-electron chi connectivity index (χ1n) is 7.69. The molecule has 2 heterocycles. The summed E-state index contributed by atoms with van der Waals surface area (Å²) in [6.45, 7) is 9.50. The van der Waals surface area contributed by atoms with E-state index in [1.807, 2.05) is 17.7 Å². The smallest absolute Gasteiger partial charge is 0.105 e. The predicted molar refractivity (Wildman–Crippen MR) is 89.1 cm³/mol. The molecule has 3 rings (SSSR count). The number of aromatic nitrogens is 3. The monoisotopic (exact) mass is 297 g/mol. The highest BCUT2D eigenvalue weighted by atomic mass is 16.3. The van der Waals surface area contributed by atoms with Crippen molar-refractivity contribution in [2.24, 2.45) is 0 Å². The Labute approximate surface area is 131 Å². The van der Waals surface area contributed by atoms with E-state index in [0.29, 0.717) is 13.1 Å². The van der Waals surface area contributed by atoms with Gasteiger partial charge in [0.2, 0.25) is 0 Å². The van der Waals surface area contributed by atoms with Crippen LogP contribution in [0.5, 0.6) is 0 Å². The molecule has 1 atom stereocenters. The lowest BCUT2D eigenvalue weighted by Gasteiger charge is -2.16. The Balaban J connectivity index is 1.90. The number of rotatable bonds is 4. The van der Waals surface area contributed by atoms with E-state index in [9.17, 15) is 5.11 Å². The van der Waals surface area contributed by atoms with Crippen molar-refractivity contribution in [1.29, 1.82) is 0 Å². The molecule has 0 fully saturated rings. The lowest BCUT2D eigenvalue weighted by atomic mass is 10.1. The van der Waals surface area contributed by atoms with Gasteiger partial charge in [0.15, 0.2) is 0 Å². The first-order chi connectivity index (χ1) is 10.5. The van der Waals surface area contributed by atoms with Gasteiger partial charge in [-0.25, -0.2) is 4.98 Å². The highest BCUT2D eigenvalue weighted by Gasteiger charge is 2.15. The Morgan fingerprint density at radius 3 is 2.59 bits per heavy atom. The summed E-state index contributed by atoms with van der Waals surface area (Å²) in [7, 11) is 0. The molecule has 4 heteroatoms. The van der Waals surface area contributed by atoms with E-state index in [1.165, 1.54) is 27.7 Å². The van der Waals surface area contributed by atoms with Gasteiger partial charge in [0, 0.05) is 29.0 Å². The van der Waals surface area contributed by atoms with Crippen molar-refractivity contribution < 1.29 is 5.11 Å². The van der Waals surface area contributed by atoms with Gasteiger partial charge in [0.1, 0.15) is 5.82 Å². The van der Waals surface area contributed by atoms with Crippen LogP contribution in [-0.2, 0) is 13.1 Å². The van der Waals surface area contributed by atoms with Crippen molar-refractivity contribution in [3.05, 3.63) is 53.2 Å². The summed E-state index contributed by atoms with van der Waals surface area (Å²) in [5.41, 5.74) is 4.98. The Kier molecular flexibility index (Phi) is 3.79. The molecule has 2 aromatic heterocycles. The summed E-state index contributed by atoms with van der Waals surface area (Å²) in [4.78, 5) is 4.20. The summed E-state index contributed by atoms with van der Waals surface area (Å²) in [6, 6.07) is 6.50. The molecule has 0 saturated heterocycles. The number of aliphatic hydroxyl groups is 1. The minimum Gasteiger partial charge on any atom is -0.389 e.